The zero-order chi connectivity index (χ0) is 13.3. The summed E-state index contributed by atoms with van der Waals surface area (Å²) >= 11 is 0. The summed E-state index contributed by atoms with van der Waals surface area (Å²) in [6, 6.07) is 4.09. The Kier molecular flexibility index (Phi) is 2.94. The van der Waals surface area contributed by atoms with Crippen molar-refractivity contribution in [3.05, 3.63) is 48.0 Å². The number of nitrogens with zero attached hydrogens (tertiary/aromatic N) is 1. The fraction of sp³-hybridized carbons (Fsp3) is 0.0833. The molecular formula is C12H8F4N2. The first-order chi connectivity index (χ1) is 8.39. The van der Waals surface area contributed by atoms with Crippen molar-refractivity contribution in [3.63, 3.8) is 0 Å². The van der Waals surface area contributed by atoms with E-state index in [2.05, 4.69) is 4.98 Å². The van der Waals surface area contributed by atoms with Gasteiger partial charge in [0.2, 0.25) is 0 Å². The van der Waals surface area contributed by atoms with Crippen molar-refractivity contribution in [3.8, 4) is 11.1 Å². The summed E-state index contributed by atoms with van der Waals surface area (Å²) in [5.41, 5.74) is 4.56. The van der Waals surface area contributed by atoms with Crippen LogP contribution >= 0.6 is 0 Å². The standard InChI is InChI=1S/C12H8F4N2/c13-7-1-2-8(11(17)5-7)9-6-18-4-3-10(9)12(14,15)16/h1-6H,17H2. The largest absolute Gasteiger partial charge is 0.417 e. The summed E-state index contributed by atoms with van der Waals surface area (Å²) in [7, 11) is 0. The zero-order valence-corrected chi connectivity index (χ0v) is 9.00. The lowest BCUT2D eigenvalue weighted by atomic mass is 10.00. The molecule has 0 fully saturated rings. The summed E-state index contributed by atoms with van der Waals surface area (Å²) in [4.78, 5) is 3.65. The molecule has 1 heterocycles. The highest BCUT2D eigenvalue weighted by Gasteiger charge is 2.33. The minimum absolute atomic E-state index is 0.0616. The molecule has 0 aliphatic carbocycles. The third-order valence-electron chi connectivity index (χ3n) is 2.43. The molecule has 18 heavy (non-hydrogen) atoms. The number of nitrogens with two attached hydrogens (primary N) is 1. The lowest BCUT2D eigenvalue weighted by Gasteiger charge is -2.13. The minimum Gasteiger partial charge on any atom is -0.398 e. The monoisotopic (exact) mass is 256 g/mol. The fourth-order valence-electron chi connectivity index (χ4n) is 1.64. The molecule has 94 valence electrons. The highest BCUT2D eigenvalue weighted by atomic mass is 19.4. The summed E-state index contributed by atoms with van der Waals surface area (Å²) in [6.45, 7) is 0. The molecule has 0 atom stereocenters. The van der Waals surface area contributed by atoms with Crippen molar-refractivity contribution in [2.45, 2.75) is 6.18 Å². The van der Waals surface area contributed by atoms with Gasteiger partial charge in [-0.05, 0) is 24.3 Å². The molecule has 2 aromatic rings. The first-order valence-corrected chi connectivity index (χ1v) is 4.96. The molecule has 0 amide bonds. The molecule has 0 saturated heterocycles. The molecule has 0 spiro atoms. The molecule has 2 nitrogen and oxygen atoms in total. The molecular weight excluding hydrogens is 248 g/mol. The second-order valence-corrected chi connectivity index (χ2v) is 3.65. The molecule has 0 aliphatic heterocycles. The Labute approximate surface area is 100 Å². The summed E-state index contributed by atoms with van der Waals surface area (Å²) in [5.74, 6) is -0.603. The van der Waals surface area contributed by atoms with Gasteiger partial charge in [-0.25, -0.2) is 4.39 Å². The maximum atomic E-state index is 12.9. The van der Waals surface area contributed by atoms with E-state index in [9.17, 15) is 17.6 Å². The van der Waals surface area contributed by atoms with Crippen LogP contribution in [0.4, 0.5) is 23.2 Å². The van der Waals surface area contributed by atoms with Gasteiger partial charge in [0.1, 0.15) is 5.82 Å². The van der Waals surface area contributed by atoms with Crippen LogP contribution < -0.4 is 5.73 Å². The van der Waals surface area contributed by atoms with Gasteiger partial charge >= 0.3 is 6.18 Å². The topological polar surface area (TPSA) is 38.9 Å². The lowest BCUT2D eigenvalue weighted by Crippen LogP contribution is -2.08. The molecule has 0 unspecified atom stereocenters. The van der Waals surface area contributed by atoms with Gasteiger partial charge < -0.3 is 5.73 Å². The molecule has 6 heteroatoms. The summed E-state index contributed by atoms with van der Waals surface area (Å²) in [5, 5.41) is 0. The number of pyridine rings is 1. The molecule has 1 aromatic heterocycles. The molecule has 0 radical (unpaired) electrons. The highest BCUT2D eigenvalue weighted by Crippen LogP contribution is 2.38. The van der Waals surface area contributed by atoms with Crippen LogP contribution in [-0.4, -0.2) is 4.98 Å². The molecule has 2 rings (SSSR count). The van der Waals surface area contributed by atoms with E-state index in [1.54, 1.807) is 0 Å². The first-order valence-electron chi connectivity index (χ1n) is 4.96. The van der Waals surface area contributed by atoms with Gasteiger partial charge in [-0.15, -0.1) is 0 Å². The van der Waals surface area contributed by atoms with Crippen LogP contribution in [0.2, 0.25) is 0 Å². The van der Waals surface area contributed by atoms with E-state index >= 15 is 0 Å². The highest BCUT2D eigenvalue weighted by molar-refractivity contribution is 5.78. The Morgan fingerprint density at radius 1 is 1.06 bits per heavy atom. The number of rotatable bonds is 1. The van der Waals surface area contributed by atoms with Gasteiger partial charge in [-0.3, -0.25) is 4.98 Å². The zero-order valence-electron chi connectivity index (χ0n) is 9.00. The van der Waals surface area contributed by atoms with Crippen molar-refractivity contribution in [1.29, 1.82) is 0 Å². The van der Waals surface area contributed by atoms with E-state index in [0.29, 0.717) is 0 Å². The van der Waals surface area contributed by atoms with Gasteiger partial charge in [0.15, 0.2) is 0 Å². The predicted molar refractivity (Wildman–Crippen MR) is 59.0 cm³/mol. The van der Waals surface area contributed by atoms with Crippen molar-refractivity contribution in [2.75, 3.05) is 5.73 Å². The Morgan fingerprint density at radius 3 is 2.39 bits per heavy atom. The van der Waals surface area contributed by atoms with Crippen LogP contribution in [0.15, 0.2) is 36.7 Å². The van der Waals surface area contributed by atoms with Crippen LogP contribution in [0.5, 0.6) is 0 Å². The van der Waals surface area contributed by atoms with Crippen molar-refractivity contribution < 1.29 is 17.6 Å². The van der Waals surface area contributed by atoms with Crippen molar-refractivity contribution in [1.82, 2.24) is 4.98 Å². The maximum Gasteiger partial charge on any atom is 0.417 e. The van der Waals surface area contributed by atoms with Gasteiger partial charge in [-0.1, -0.05) is 0 Å². The molecule has 0 aliphatic rings. The minimum atomic E-state index is -4.51. The van der Waals surface area contributed by atoms with Crippen LogP contribution in [0.3, 0.4) is 0 Å². The van der Waals surface area contributed by atoms with E-state index in [1.165, 1.54) is 6.07 Å². The van der Waals surface area contributed by atoms with Gasteiger partial charge in [0.25, 0.3) is 0 Å². The average Bonchev–Trinajstić information content (AvgIpc) is 2.28. The smallest absolute Gasteiger partial charge is 0.398 e. The third-order valence-corrected chi connectivity index (χ3v) is 2.43. The van der Waals surface area contributed by atoms with E-state index in [4.69, 9.17) is 5.73 Å². The van der Waals surface area contributed by atoms with Crippen molar-refractivity contribution >= 4 is 5.69 Å². The number of hydrogen-bond acceptors (Lipinski definition) is 2. The maximum absolute atomic E-state index is 12.9. The normalized spacial score (nSPS) is 11.6. The van der Waals surface area contributed by atoms with E-state index in [0.717, 1.165) is 30.6 Å². The van der Waals surface area contributed by atoms with E-state index < -0.39 is 17.6 Å². The Bertz CT molecular complexity index is 579. The number of nitrogen functional groups attached to an aromatic ring is 1. The van der Waals surface area contributed by atoms with Crippen LogP contribution in [0.1, 0.15) is 5.56 Å². The number of benzene rings is 1. The lowest BCUT2D eigenvalue weighted by molar-refractivity contribution is -0.137. The molecule has 0 bridgehead atoms. The Morgan fingerprint density at radius 2 is 1.78 bits per heavy atom. The third kappa shape index (κ3) is 2.27. The predicted octanol–water partition coefficient (Wildman–Crippen LogP) is 3.49. The first kappa shape index (κ1) is 12.3. The fourth-order valence-corrected chi connectivity index (χ4v) is 1.64. The molecule has 1 aromatic carbocycles. The van der Waals surface area contributed by atoms with Crippen LogP contribution in [0.25, 0.3) is 11.1 Å². The number of alkyl halides is 3. The van der Waals surface area contributed by atoms with Gasteiger partial charge in [-0.2, -0.15) is 13.2 Å². The molecule has 2 N–H and O–H groups in total. The second kappa shape index (κ2) is 4.29. The van der Waals surface area contributed by atoms with Crippen molar-refractivity contribution in [2.24, 2.45) is 0 Å². The Balaban J connectivity index is 2.64. The molecule has 0 saturated carbocycles. The van der Waals surface area contributed by atoms with E-state index in [-0.39, 0.29) is 16.8 Å². The quantitative estimate of drug-likeness (QED) is 0.626. The van der Waals surface area contributed by atoms with Gasteiger partial charge in [0, 0.05) is 29.2 Å². The number of anilines is 1. The van der Waals surface area contributed by atoms with Crippen LogP contribution in [0, 0.1) is 5.82 Å². The number of hydrogen-bond donors (Lipinski definition) is 1. The number of halogens is 4. The SMILES string of the molecule is Nc1cc(F)ccc1-c1cnccc1C(F)(F)F. The average molecular weight is 256 g/mol. The number of aromatic nitrogens is 1. The Hall–Kier alpha value is -2.11. The summed E-state index contributed by atoms with van der Waals surface area (Å²) < 4.78 is 51.3. The van der Waals surface area contributed by atoms with E-state index in [1.807, 2.05) is 0 Å². The van der Waals surface area contributed by atoms with Gasteiger partial charge in [0.05, 0.1) is 5.56 Å². The van der Waals surface area contributed by atoms with Crippen LogP contribution in [-0.2, 0) is 6.18 Å². The summed E-state index contributed by atoms with van der Waals surface area (Å²) in [6.07, 6.45) is -2.41. The second-order valence-electron chi connectivity index (χ2n) is 3.65.